The second-order valence-corrected chi connectivity index (χ2v) is 4.21. The van der Waals surface area contributed by atoms with Crippen LogP contribution in [-0.4, -0.2) is 0 Å². The van der Waals surface area contributed by atoms with Crippen LogP contribution in [0.25, 0.3) is 11.1 Å². The van der Waals surface area contributed by atoms with E-state index >= 15 is 0 Å². The van der Waals surface area contributed by atoms with Crippen molar-refractivity contribution < 1.29 is 17.6 Å². The maximum atomic E-state index is 13.1. The van der Waals surface area contributed by atoms with Crippen molar-refractivity contribution in [1.82, 2.24) is 0 Å². The minimum Gasteiger partial charge on any atom is -0.207 e. The number of hydrogen-bond acceptors (Lipinski definition) is 1. The molecule has 0 radical (unpaired) electrons. The molecule has 0 fully saturated rings. The van der Waals surface area contributed by atoms with E-state index < -0.39 is 17.6 Å². The summed E-state index contributed by atoms with van der Waals surface area (Å²) in [5.74, 6) is -0.481. The molecule has 0 spiro atoms. The lowest BCUT2D eigenvalue weighted by Crippen LogP contribution is -2.04. The summed E-state index contributed by atoms with van der Waals surface area (Å²) in [6.45, 7) is 0. The molecule has 0 aliphatic carbocycles. The first-order valence-corrected chi connectivity index (χ1v) is 5.75. The Morgan fingerprint density at radius 3 is 2.20 bits per heavy atom. The van der Waals surface area contributed by atoms with Gasteiger partial charge in [-0.3, -0.25) is 0 Å². The molecular formula is C15H9F4N. The normalized spacial score (nSPS) is 11.2. The number of halogens is 4. The fourth-order valence-corrected chi connectivity index (χ4v) is 1.91. The van der Waals surface area contributed by atoms with Crippen molar-refractivity contribution in [3.05, 3.63) is 59.4 Å². The Morgan fingerprint density at radius 2 is 1.65 bits per heavy atom. The molecule has 2 rings (SSSR count). The Morgan fingerprint density at radius 1 is 1.00 bits per heavy atom. The van der Waals surface area contributed by atoms with Gasteiger partial charge in [0.25, 0.3) is 0 Å². The highest BCUT2D eigenvalue weighted by atomic mass is 19.4. The lowest BCUT2D eigenvalue weighted by atomic mass is 9.97. The van der Waals surface area contributed by atoms with Gasteiger partial charge >= 0.3 is 6.18 Å². The van der Waals surface area contributed by atoms with Crippen LogP contribution in [0.3, 0.4) is 0 Å². The first-order valence-electron chi connectivity index (χ1n) is 5.75. The van der Waals surface area contributed by atoms with E-state index in [0.717, 1.165) is 12.1 Å². The van der Waals surface area contributed by atoms with Crippen molar-refractivity contribution in [3.8, 4) is 17.2 Å². The van der Waals surface area contributed by atoms with Gasteiger partial charge < -0.3 is 0 Å². The number of nitriles is 1. The summed E-state index contributed by atoms with van der Waals surface area (Å²) in [5.41, 5.74) is 0.780. The number of nitrogens with zero attached hydrogens (tertiary/aromatic N) is 1. The quantitative estimate of drug-likeness (QED) is 0.738. The second-order valence-electron chi connectivity index (χ2n) is 4.21. The van der Waals surface area contributed by atoms with E-state index in [9.17, 15) is 17.6 Å². The summed E-state index contributed by atoms with van der Waals surface area (Å²) < 4.78 is 50.6. The summed E-state index contributed by atoms with van der Waals surface area (Å²) in [7, 11) is 0. The highest BCUT2D eigenvalue weighted by molar-refractivity contribution is 5.68. The molecule has 0 aliphatic heterocycles. The number of rotatable bonds is 2. The van der Waals surface area contributed by atoms with Crippen LogP contribution in [0, 0.1) is 17.1 Å². The van der Waals surface area contributed by atoms with Crippen molar-refractivity contribution >= 4 is 0 Å². The van der Waals surface area contributed by atoms with Crippen molar-refractivity contribution in [1.29, 1.82) is 5.26 Å². The van der Waals surface area contributed by atoms with Crippen LogP contribution in [0.1, 0.15) is 11.1 Å². The maximum Gasteiger partial charge on any atom is 0.416 e. The van der Waals surface area contributed by atoms with Gasteiger partial charge in [0.15, 0.2) is 0 Å². The predicted octanol–water partition coefficient (Wildman–Crippen LogP) is 4.58. The van der Waals surface area contributed by atoms with Gasteiger partial charge in [0.05, 0.1) is 18.1 Å². The zero-order valence-electron chi connectivity index (χ0n) is 10.2. The van der Waals surface area contributed by atoms with Crippen LogP contribution in [0.5, 0.6) is 0 Å². The highest BCUT2D eigenvalue weighted by Gasteiger charge is 2.30. The molecule has 0 aromatic heterocycles. The third kappa shape index (κ3) is 2.97. The Balaban J connectivity index is 2.44. The molecular weight excluding hydrogens is 270 g/mol. The molecule has 20 heavy (non-hydrogen) atoms. The Kier molecular flexibility index (Phi) is 3.75. The van der Waals surface area contributed by atoms with Crippen LogP contribution in [0.15, 0.2) is 42.5 Å². The van der Waals surface area contributed by atoms with Crippen LogP contribution in [-0.2, 0) is 12.6 Å². The van der Waals surface area contributed by atoms with E-state index in [1.54, 1.807) is 0 Å². The third-order valence-corrected chi connectivity index (χ3v) is 2.86. The van der Waals surface area contributed by atoms with Gasteiger partial charge in [-0.15, -0.1) is 0 Å². The number of hydrogen-bond donors (Lipinski definition) is 0. The maximum absolute atomic E-state index is 13.1. The standard InChI is InChI=1S/C15H9F4N/c16-13-5-6-14(11(9-13)7-8-20)10-1-3-12(4-2-10)15(17,18)19/h1-6,9H,7H2. The SMILES string of the molecule is N#CCc1cc(F)ccc1-c1ccc(C(F)(F)F)cc1. The number of benzene rings is 2. The van der Waals surface area contributed by atoms with Gasteiger partial charge in [-0.05, 0) is 41.0 Å². The molecule has 5 heteroatoms. The van der Waals surface area contributed by atoms with Crippen LogP contribution >= 0.6 is 0 Å². The molecule has 2 aromatic rings. The average molecular weight is 279 g/mol. The average Bonchev–Trinajstić information content (AvgIpc) is 2.38. The Bertz CT molecular complexity index is 651. The zero-order valence-corrected chi connectivity index (χ0v) is 10.2. The van der Waals surface area contributed by atoms with Crippen molar-refractivity contribution in [3.63, 3.8) is 0 Å². The van der Waals surface area contributed by atoms with Crippen LogP contribution < -0.4 is 0 Å². The van der Waals surface area contributed by atoms with E-state index in [4.69, 9.17) is 5.26 Å². The summed E-state index contributed by atoms with van der Waals surface area (Å²) in [6.07, 6.45) is -4.40. The number of alkyl halides is 3. The third-order valence-electron chi connectivity index (χ3n) is 2.86. The molecule has 1 nitrogen and oxygen atoms in total. The summed E-state index contributed by atoms with van der Waals surface area (Å²) >= 11 is 0. The molecule has 0 unspecified atom stereocenters. The Labute approximate surface area is 113 Å². The van der Waals surface area contributed by atoms with Gasteiger partial charge in [-0.2, -0.15) is 18.4 Å². The molecule has 0 heterocycles. The van der Waals surface area contributed by atoms with E-state index in [0.29, 0.717) is 16.7 Å². The highest BCUT2D eigenvalue weighted by Crippen LogP contribution is 2.32. The smallest absolute Gasteiger partial charge is 0.207 e. The fraction of sp³-hybridized carbons (Fsp3) is 0.133. The minimum atomic E-state index is -4.39. The fourth-order valence-electron chi connectivity index (χ4n) is 1.91. The molecule has 0 saturated heterocycles. The van der Waals surface area contributed by atoms with E-state index in [1.807, 2.05) is 6.07 Å². The van der Waals surface area contributed by atoms with Crippen LogP contribution in [0.2, 0.25) is 0 Å². The lowest BCUT2D eigenvalue weighted by Gasteiger charge is -2.10. The molecule has 0 bridgehead atoms. The summed E-state index contributed by atoms with van der Waals surface area (Å²) in [6, 6.07) is 10.4. The minimum absolute atomic E-state index is 0.00584. The molecule has 0 N–H and O–H groups in total. The Hall–Kier alpha value is -2.35. The molecule has 2 aromatic carbocycles. The predicted molar refractivity (Wildman–Crippen MR) is 66.2 cm³/mol. The monoisotopic (exact) mass is 279 g/mol. The van der Waals surface area contributed by atoms with Crippen molar-refractivity contribution in [2.24, 2.45) is 0 Å². The topological polar surface area (TPSA) is 23.8 Å². The summed E-state index contributed by atoms with van der Waals surface area (Å²) in [4.78, 5) is 0. The molecule has 0 saturated carbocycles. The van der Waals surface area contributed by atoms with E-state index in [-0.39, 0.29) is 6.42 Å². The lowest BCUT2D eigenvalue weighted by molar-refractivity contribution is -0.137. The largest absolute Gasteiger partial charge is 0.416 e. The molecule has 0 atom stereocenters. The van der Waals surface area contributed by atoms with E-state index in [2.05, 4.69) is 0 Å². The van der Waals surface area contributed by atoms with Gasteiger partial charge in [0, 0.05) is 0 Å². The molecule has 102 valence electrons. The van der Waals surface area contributed by atoms with Gasteiger partial charge in [-0.1, -0.05) is 18.2 Å². The molecule has 0 aliphatic rings. The first kappa shape index (κ1) is 14.1. The second kappa shape index (κ2) is 5.33. The van der Waals surface area contributed by atoms with Crippen molar-refractivity contribution in [2.75, 3.05) is 0 Å². The first-order chi connectivity index (χ1) is 9.41. The molecule has 0 amide bonds. The van der Waals surface area contributed by atoms with Crippen LogP contribution in [0.4, 0.5) is 17.6 Å². The van der Waals surface area contributed by atoms with Gasteiger partial charge in [0.2, 0.25) is 0 Å². The zero-order chi connectivity index (χ0) is 14.8. The van der Waals surface area contributed by atoms with Gasteiger partial charge in [0.1, 0.15) is 5.82 Å². The van der Waals surface area contributed by atoms with Crippen molar-refractivity contribution in [2.45, 2.75) is 12.6 Å². The van der Waals surface area contributed by atoms with Gasteiger partial charge in [-0.25, -0.2) is 4.39 Å². The summed E-state index contributed by atoms with van der Waals surface area (Å²) in [5, 5.41) is 8.71. The van der Waals surface area contributed by atoms with E-state index in [1.165, 1.54) is 30.3 Å².